The minimum atomic E-state index is -0.429. The third-order valence-electron chi connectivity index (χ3n) is 3.97. The third kappa shape index (κ3) is 3.25. The summed E-state index contributed by atoms with van der Waals surface area (Å²) in [5.74, 6) is -1.05. The van der Waals surface area contributed by atoms with Crippen molar-refractivity contribution in [2.45, 2.75) is 6.54 Å². The molecule has 1 aliphatic rings. The van der Waals surface area contributed by atoms with Gasteiger partial charge in [0.05, 0.1) is 5.69 Å². The van der Waals surface area contributed by atoms with Crippen molar-refractivity contribution in [1.29, 1.82) is 0 Å². The Labute approximate surface area is 127 Å². The molecule has 0 bridgehead atoms. The van der Waals surface area contributed by atoms with E-state index in [2.05, 4.69) is 4.90 Å². The molecule has 0 unspecified atom stereocenters. The van der Waals surface area contributed by atoms with Crippen LogP contribution in [0, 0.1) is 17.5 Å². The highest BCUT2D eigenvalue weighted by molar-refractivity contribution is 5.48. The van der Waals surface area contributed by atoms with Gasteiger partial charge in [0.15, 0.2) is 0 Å². The number of benzene rings is 2. The lowest BCUT2D eigenvalue weighted by atomic mass is 10.1. The molecule has 1 aliphatic heterocycles. The van der Waals surface area contributed by atoms with Crippen molar-refractivity contribution in [3.05, 3.63) is 65.5 Å². The van der Waals surface area contributed by atoms with Crippen LogP contribution >= 0.6 is 0 Å². The maximum Gasteiger partial charge on any atom is 0.146 e. The first kappa shape index (κ1) is 14.9. The van der Waals surface area contributed by atoms with Crippen molar-refractivity contribution in [3.63, 3.8) is 0 Å². The molecule has 0 aliphatic carbocycles. The number of hydrogen-bond acceptors (Lipinski definition) is 2. The molecule has 0 radical (unpaired) electrons. The topological polar surface area (TPSA) is 6.48 Å². The Morgan fingerprint density at radius 1 is 0.818 bits per heavy atom. The maximum absolute atomic E-state index is 13.8. The first-order valence-corrected chi connectivity index (χ1v) is 7.29. The van der Waals surface area contributed by atoms with Gasteiger partial charge in [-0.2, -0.15) is 0 Å². The van der Waals surface area contributed by atoms with Gasteiger partial charge in [0, 0.05) is 38.3 Å². The van der Waals surface area contributed by atoms with Crippen molar-refractivity contribution in [1.82, 2.24) is 4.90 Å². The summed E-state index contributed by atoms with van der Waals surface area (Å²) in [5, 5.41) is 0. The fourth-order valence-corrected chi connectivity index (χ4v) is 2.76. The zero-order valence-corrected chi connectivity index (χ0v) is 12.1. The molecule has 0 spiro atoms. The van der Waals surface area contributed by atoms with Gasteiger partial charge in [-0.15, -0.1) is 0 Å². The van der Waals surface area contributed by atoms with Crippen LogP contribution in [0.4, 0.5) is 18.9 Å². The van der Waals surface area contributed by atoms with Gasteiger partial charge in [0.25, 0.3) is 0 Å². The lowest BCUT2D eigenvalue weighted by Gasteiger charge is -2.36. The highest BCUT2D eigenvalue weighted by Gasteiger charge is 2.20. The number of rotatable bonds is 3. The number of anilines is 1. The van der Waals surface area contributed by atoms with Crippen LogP contribution in [-0.4, -0.2) is 31.1 Å². The van der Waals surface area contributed by atoms with E-state index in [4.69, 9.17) is 0 Å². The number of halogens is 3. The van der Waals surface area contributed by atoms with Crippen LogP contribution in [0.5, 0.6) is 0 Å². The maximum atomic E-state index is 13.8. The summed E-state index contributed by atoms with van der Waals surface area (Å²) in [6.45, 7) is 3.07. The molecule has 0 N–H and O–H groups in total. The number of para-hydroxylation sites is 1. The molecule has 0 saturated carbocycles. The van der Waals surface area contributed by atoms with Gasteiger partial charge in [-0.25, -0.2) is 13.2 Å². The average molecular weight is 306 g/mol. The number of hydrogen-bond donors (Lipinski definition) is 0. The normalized spacial score (nSPS) is 16.0. The van der Waals surface area contributed by atoms with Crippen LogP contribution in [0.1, 0.15) is 5.56 Å². The van der Waals surface area contributed by atoms with Gasteiger partial charge >= 0.3 is 0 Å². The van der Waals surface area contributed by atoms with Crippen molar-refractivity contribution < 1.29 is 13.2 Å². The molecule has 2 aromatic carbocycles. The predicted octanol–water partition coefficient (Wildman–Crippen LogP) is 3.43. The predicted molar refractivity (Wildman–Crippen MR) is 80.2 cm³/mol. The lowest BCUT2D eigenvalue weighted by molar-refractivity contribution is 0.245. The molecule has 5 heteroatoms. The molecule has 0 amide bonds. The zero-order chi connectivity index (χ0) is 15.5. The fraction of sp³-hybridized carbons (Fsp3) is 0.294. The Morgan fingerprint density at radius 2 is 1.55 bits per heavy atom. The monoisotopic (exact) mass is 306 g/mol. The van der Waals surface area contributed by atoms with Gasteiger partial charge in [-0.1, -0.05) is 12.1 Å². The summed E-state index contributed by atoms with van der Waals surface area (Å²) in [7, 11) is 0. The second-order valence-electron chi connectivity index (χ2n) is 5.45. The largest absolute Gasteiger partial charge is 0.367 e. The summed E-state index contributed by atoms with van der Waals surface area (Å²) in [6.07, 6.45) is 0. The minimum absolute atomic E-state index is 0.230. The van der Waals surface area contributed by atoms with Crippen LogP contribution < -0.4 is 4.90 Å². The van der Waals surface area contributed by atoms with E-state index in [1.54, 1.807) is 12.1 Å². The lowest BCUT2D eigenvalue weighted by Crippen LogP contribution is -2.46. The van der Waals surface area contributed by atoms with E-state index in [-0.39, 0.29) is 5.82 Å². The Hall–Kier alpha value is -2.01. The van der Waals surface area contributed by atoms with Gasteiger partial charge in [0.1, 0.15) is 17.5 Å². The summed E-state index contributed by atoms with van der Waals surface area (Å²) in [4.78, 5) is 4.03. The Kier molecular flexibility index (Phi) is 4.34. The van der Waals surface area contributed by atoms with Gasteiger partial charge in [0.2, 0.25) is 0 Å². The third-order valence-corrected chi connectivity index (χ3v) is 3.97. The van der Waals surface area contributed by atoms with E-state index < -0.39 is 11.6 Å². The van der Waals surface area contributed by atoms with Crippen LogP contribution in [0.15, 0.2) is 42.5 Å². The first-order chi connectivity index (χ1) is 10.6. The van der Waals surface area contributed by atoms with Crippen molar-refractivity contribution in [3.8, 4) is 0 Å². The van der Waals surface area contributed by atoms with E-state index >= 15 is 0 Å². The Bertz CT molecular complexity index is 652. The fourth-order valence-electron chi connectivity index (χ4n) is 2.76. The molecule has 1 saturated heterocycles. The van der Waals surface area contributed by atoms with E-state index in [0.717, 1.165) is 12.1 Å². The van der Waals surface area contributed by atoms with Gasteiger partial charge in [-0.05, 0) is 30.3 Å². The summed E-state index contributed by atoms with van der Waals surface area (Å²) in [6, 6.07) is 10.2. The standard InChI is InChI=1S/C17H17F3N2/c18-14-5-6-15(19)13(11-14)12-21-7-9-22(10-8-21)17-4-2-1-3-16(17)20/h1-6,11H,7-10,12H2. The van der Waals surface area contributed by atoms with E-state index in [9.17, 15) is 13.2 Å². The van der Waals surface area contributed by atoms with Crippen LogP contribution in [0.25, 0.3) is 0 Å². The molecule has 22 heavy (non-hydrogen) atoms. The van der Waals surface area contributed by atoms with Crippen LogP contribution in [-0.2, 0) is 6.54 Å². The molecule has 2 nitrogen and oxygen atoms in total. The number of nitrogens with zero attached hydrogens (tertiary/aromatic N) is 2. The summed E-state index contributed by atoms with van der Waals surface area (Å²) in [5.41, 5.74) is 0.957. The molecule has 1 heterocycles. The number of piperazine rings is 1. The first-order valence-electron chi connectivity index (χ1n) is 7.29. The molecular formula is C17H17F3N2. The van der Waals surface area contributed by atoms with Crippen molar-refractivity contribution in [2.24, 2.45) is 0 Å². The minimum Gasteiger partial charge on any atom is -0.367 e. The van der Waals surface area contributed by atoms with Crippen LogP contribution in [0.3, 0.4) is 0 Å². The molecule has 2 aromatic rings. The smallest absolute Gasteiger partial charge is 0.146 e. The summed E-state index contributed by atoms with van der Waals surface area (Å²) >= 11 is 0. The van der Waals surface area contributed by atoms with Gasteiger partial charge < -0.3 is 4.90 Å². The molecule has 1 fully saturated rings. The van der Waals surface area contributed by atoms with E-state index in [0.29, 0.717) is 44.0 Å². The average Bonchev–Trinajstić information content (AvgIpc) is 2.52. The highest BCUT2D eigenvalue weighted by atomic mass is 19.1. The van der Waals surface area contributed by atoms with E-state index in [1.165, 1.54) is 12.1 Å². The van der Waals surface area contributed by atoms with Crippen molar-refractivity contribution >= 4 is 5.69 Å². The zero-order valence-electron chi connectivity index (χ0n) is 12.1. The van der Waals surface area contributed by atoms with Crippen LogP contribution in [0.2, 0.25) is 0 Å². The Morgan fingerprint density at radius 3 is 2.27 bits per heavy atom. The summed E-state index contributed by atoms with van der Waals surface area (Å²) < 4.78 is 40.6. The highest BCUT2D eigenvalue weighted by Crippen LogP contribution is 2.21. The molecular weight excluding hydrogens is 289 g/mol. The molecule has 3 rings (SSSR count). The second-order valence-corrected chi connectivity index (χ2v) is 5.45. The Balaban J connectivity index is 1.62. The van der Waals surface area contributed by atoms with Crippen molar-refractivity contribution in [2.75, 3.05) is 31.1 Å². The molecule has 0 aromatic heterocycles. The quantitative estimate of drug-likeness (QED) is 0.857. The molecule has 0 atom stereocenters. The SMILES string of the molecule is Fc1ccc(F)c(CN2CCN(c3ccccc3F)CC2)c1. The van der Waals surface area contributed by atoms with Gasteiger partial charge in [-0.3, -0.25) is 4.90 Å². The molecule has 116 valence electrons. The second kappa shape index (κ2) is 6.40. The van der Waals surface area contributed by atoms with E-state index in [1.807, 2.05) is 11.0 Å².